The normalized spacial score (nSPS) is 18.5. The Balaban J connectivity index is 0.000000208. The molecule has 4 bridgehead atoms. The zero-order valence-corrected chi connectivity index (χ0v) is 30.3. The Morgan fingerprint density at radius 1 is 0.741 bits per heavy atom. The largest absolute Gasteiger partial charge is 0.494 e. The van der Waals surface area contributed by atoms with Gasteiger partial charge in [-0.05, 0) is 88.8 Å². The van der Waals surface area contributed by atoms with E-state index in [1.807, 2.05) is 42.5 Å². The number of rotatable bonds is 4. The van der Waals surface area contributed by atoms with E-state index in [1.54, 1.807) is 32.0 Å². The number of aliphatic hydroxyl groups is 1. The lowest BCUT2D eigenvalue weighted by atomic mass is 10.0. The first-order chi connectivity index (χ1) is 25.9. The number of benzene rings is 2. The average Bonchev–Trinajstić information content (AvgIpc) is 3.75. The number of fused-ring (bicyclic) bond motifs is 8. The summed E-state index contributed by atoms with van der Waals surface area (Å²) >= 11 is 0. The summed E-state index contributed by atoms with van der Waals surface area (Å²) in [4.78, 5) is 60.5. The molecule has 3 atom stereocenters. The predicted molar refractivity (Wildman–Crippen MR) is 196 cm³/mol. The van der Waals surface area contributed by atoms with Gasteiger partial charge < -0.3 is 36.7 Å². The van der Waals surface area contributed by atoms with E-state index in [1.165, 1.54) is 9.36 Å². The van der Waals surface area contributed by atoms with Gasteiger partial charge in [0.1, 0.15) is 22.9 Å². The van der Waals surface area contributed by atoms with Crippen molar-refractivity contribution >= 4 is 29.4 Å². The third-order valence-corrected chi connectivity index (χ3v) is 8.94. The van der Waals surface area contributed by atoms with Crippen LogP contribution in [0.5, 0.6) is 11.5 Å². The maximum absolute atomic E-state index is 12.9. The summed E-state index contributed by atoms with van der Waals surface area (Å²) < 4.78 is 14.6. The van der Waals surface area contributed by atoms with E-state index in [4.69, 9.17) is 20.9 Å². The highest BCUT2D eigenvalue weighted by Gasteiger charge is 2.29. The molecule has 0 saturated carbocycles. The summed E-state index contributed by atoms with van der Waals surface area (Å²) in [6.07, 6.45) is 3.97. The van der Waals surface area contributed by atoms with Crippen molar-refractivity contribution in [3.05, 3.63) is 83.4 Å². The lowest BCUT2D eigenvalue weighted by Crippen LogP contribution is -2.49. The Morgan fingerprint density at radius 3 is 1.74 bits per heavy atom. The van der Waals surface area contributed by atoms with Crippen molar-refractivity contribution in [1.82, 2.24) is 30.2 Å². The van der Waals surface area contributed by atoms with Crippen LogP contribution in [0.1, 0.15) is 83.7 Å². The summed E-state index contributed by atoms with van der Waals surface area (Å²) in [5.41, 5.74) is 13.6. The molecular weight excluding hydrogens is 696 g/mol. The van der Waals surface area contributed by atoms with Crippen LogP contribution in [0.3, 0.4) is 0 Å². The number of aromatic nitrogens is 4. The highest BCUT2D eigenvalue weighted by Crippen LogP contribution is 2.22. The van der Waals surface area contributed by atoms with Gasteiger partial charge in [0.25, 0.3) is 17.7 Å². The molecule has 0 fully saturated rings. The highest BCUT2D eigenvalue weighted by atomic mass is 16.5. The van der Waals surface area contributed by atoms with E-state index in [-0.39, 0.29) is 5.69 Å². The van der Waals surface area contributed by atoms with Gasteiger partial charge in [0.15, 0.2) is 6.10 Å². The van der Waals surface area contributed by atoms with E-state index in [0.29, 0.717) is 72.4 Å². The number of ether oxygens (including phenoxy) is 2. The van der Waals surface area contributed by atoms with Gasteiger partial charge in [-0.15, -0.1) is 0 Å². The number of primary amides is 2. The minimum Gasteiger partial charge on any atom is -0.494 e. The molecule has 6 rings (SSSR count). The van der Waals surface area contributed by atoms with Gasteiger partial charge in [0, 0.05) is 12.1 Å². The second-order valence-electron chi connectivity index (χ2n) is 13.2. The van der Waals surface area contributed by atoms with Crippen molar-refractivity contribution in [1.29, 1.82) is 0 Å². The molecule has 2 aliphatic heterocycles. The van der Waals surface area contributed by atoms with Crippen LogP contribution in [0.2, 0.25) is 0 Å². The fourth-order valence-corrected chi connectivity index (χ4v) is 6.20. The summed E-state index contributed by atoms with van der Waals surface area (Å²) in [6, 6.07) is 16.2. The van der Waals surface area contributed by atoms with Crippen LogP contribution >= 0.6 is 0 Å². The molecule has 0 spiro atoms. The van der Waals surface area contributed by atoms with Gasteiger partial charge in [-0.3, -0.25) is 24.0 Å². The number of amides is 4. The Labute approximate surface area is 312 Å². The zero-order chi connectivity index (χ0) is 38.8. The van der Waals surface area contributed by atoms with Crippen LogP contribution in [0.25, 0.3) is 11.4 Å². The van der Waals surface area contributed by atoms with Crippen LogP contribution < -0.4 is 31.6 Å². The second-order valence-corrected chi connectivity index (χ2v) is 13.2. The second kappa shape index (κ2) is 18.1. The van der Waals surface area contributed by atoms with Crippen molar-refractivity contribution in [2.45, 2.75) is 83.4 Å². The molecule has 2 aromatic heterocycles. The highest BCUT2D eigenvalue weighted by molar-refractivity contribution is 6.38. The van der Waals surface area contributed by atoms with Crippen molar-refractivity contribution in [2.75, 3.05) is 13.2 Å². The summed E-state index contributed by atoms with van der Waals surface area (Å²) in [5.74, 6) is -2.21. The van der Waals surface area contributed by atoms with Crippen molar-refractivity contribution < 1.29 is 38.6 Å². The SMILES string of the molecule is Cc1cc2n(n1)-c1cccc(c1)OCCCCC[C@@H](C(=O)C(N)=O)NC2=O.Cc1cc2n(n1)-c1cccc(c1)OCCCCC[C@@H](C(O)C(N)=O)NC2=O. The number of aryl methyl sites for hydroxylation is 2. The molecule has 1 unspecified atom stereocenters. The maximum Gasteiger partial charge on any atom is 0.287 e. The van der Waals surface area contributed by atoms with E-state index < -0.39 is 47.6 Å². The van der Waals surface area contributed by atoms with Crippen LogP contribution in [0.15, 0.2) is 60.7 Å². The monoisotopic (exact) mass is 742 g/mol. The van der Waals surface area contributed by atoms with Crippen LogP contribution in [0.4, 0.5) is 0 Å². The first-order valence-electron chi connectivity index (χ1n) is 17.9. The molecule has 2 aromatic carbocycles. The third kappa shape index (κ3) is 10.1. The van der Waals surface area contributed by atoms with E-state index in [0.717, 1.165) is 32.1 Å². The van der Waals surface area contributed by atoms with Crippen LogP contribution in [0, 0.1) is 13.8 Å². The molecule has 4 aromatic rings. The van der Waals surface area contributed by atoms with Gasteiger partial charge in [-0.1, -0.05) is 25.0 Å². The first-order valence-corrected chi connectivity index (χ1v) is 17.9. The molecule has 16 heteroatoms. The quantitative estimate of drug-likeness (QED) is 0.191. The molecule has 2 aliphatic rings. The molecule has 16 nitrogen and oxygen atoms in total. The van der Waals surface area contributed by atoms with E-state index in [9.17, 15) is 29.1 Å². The molecule has 54 heavy (non-hydrogen) atoms. The summed E-state index contributed by atoms with van der Waals surface area (Å²) in [7, 11) is 0. The number of Topliss-reactive ketones (excluding diaryl/α,β-unsaturated/α-hetero) is 1. The van der Waals surface area contributed by atoms with Gasteiger partial charge >= 0.3 is 0 Å². The summed E-state index contributed by atoms with van der Waals surface area (Å²) in [6.45, 7) is 4.66. The number of hydrogen-bond donors (Lipinski definition) is 5. The number of nitrogens with one attached hydrogen (secondary N) is 2. The van der Waals surface area contributed by atoms with Gasteiger partial charge in [0.05, 0.1) is 48.1 Å². The molecule has 0 saturated heterocycles. The van der Waals surface area contributed by atoms with Crippen molar-refractivity contribution in [3.8, 4) is 22.9 Å². The third-order valence-electron chi connectivity index (χ3n) is 8.94. The molecule has 4 amide bonds. The number of aliphatic hydroxyl groups excluding tert-OH is 1. The Morgan fingerprint density at radius 2 is 1.24 bits per heavy atom. The molecule has 0 radical (unpaired) electrons. The molecule has 0 aliphatic carbocycles. The minimum atomic E-state index is -1.45. The molecule has 4 heterocycles. The fraction of sp³-hybridized carbons (Fsp3) is 0.395. The van der Waals surface area contributed by atoms with Crippen molar-refractivity contribution in [2.24, 2.45) is 11.5 Å². The van der Waals surface area contributed by atoms with E-state index in [2.05, 4.69) is 20.8 Å². The standard InChI is InChI=1S/C19H24N4O4.C19H22N4O4/c2*1-12-10-16-19(26)21-15(17(24)18(20)25)8-3-2-4-9-27-14-7-5-6-13(11-14)23(16)22-12/h5-7,10-11,15,17,24H,2-4,8-9H2,1H3,(H2,20,25)(H,21,26);5-7,10-11,15H,2-4,8-9H2,1H3,(H2,20,25)(H,21,26)/t15-,17?;15-/m00/s1. The van der Waals surface area contributed by atoms with E-state index >= 15 is 0 Å². The minimum absolute atomic E-state index is 0.268. The number of hydrogen-bond acceptors (Lipinski definition) is 10. The molecule has 286 valence electrons. The number of carbonyl (C=O) groups is 5. The Bertz CT molecular complexity index is 1990. The molecule has 7 N–H and O–H groups in total. The van der Waals surface area contributed by atoms with Gasteiger partial charge in [-0.2, -0.15) is 10.2 Å². The number of carbonyl (C=O) groups excluding carboxylic acids is 5. The first kappa shape index (κ1) is 39.2. The van der Waals surface area contributed by atoms with Crippen LogP contribution in [-0.2, 0) is 14.4 Å². The summed E-state index contributed by atoms with van der Waals surface area (Å²) in [5, 5.41) is 24.3. The number of nitrogens with zero attached hydrogens (tertiary/aromatic N) is 4. The predicted octanol–water partition coefficient (Wildman–Crippen LogP) is 2.36. The Hall–Kier alpha value is -6.03. The van der Waals surface area contributed by atoms with Crippen molar-refractivity contribution in [3.63, 3.8) is 0 Å². The number of nitrogens with two attached hydrogens (primary N) is 2. The zero-order valence-electron chi connectivity index (χ0n) is 30.3. The number of ketones is 1. The average molecular weight is 743 g/mol. The van der Waals surface area contributed by atoms with Crippen LogP contribution in [-0.4, -0.2) is 85.5 Å². The maximum atomic E-state index is 12.9. The molecular formula is C38H46N8O8. The lowest BCUT2D eigenvalue weighted by Gasteiger charge is -2.22. The fourth-order valence-electron chi connectivity index (χ4n) is 6.20. The smallest absolute Gasteiger partial charge is 0.287 e. The van der Waals surface area contributed by atoms with Gasteiger partial charge in [-0.25, -0.2) is 9.36 Å². The van der Waals surface area contributed by atoms with Gasteiger partial charge in [0.2, 0.25) is 11.7 Å². The lowest BCUT2D eigenvalue weighted by molar-refractivity contribution is -0.137. The topological polar surface area (TPSA) is 236 Å². The Kier molecular flexibility index (Phi) is 13.2.